The molecule has 0 heterocycles. The summed E-state index contributed by atoms with van der Waals surface area (Å²) in [6.45, 7) is 7.79. The first-order chi connectivity index (χ1) is 20.5. The van der Waals surface area contributed by atoms with Crippen molar-refractivity contribution >= 4 is 11.9 Å². The maximum atomic E-state index is 12.7. The summed E-state index contributed by atoms with van der Waals surface area (Å²) < 4.78 is 22.2. The number of benzene rings is 3. The van der Waals surface area contributed by atoms with Crippen LogP contribution in [0.3, 0.4) is 0 Å². The average Bonchev–Trinajstić information content (AvgIpc) is 3.01. The molecule has 0 saturated heterocycles. The fourth-order valence-corrected chi connectivity index (χ4v) is 4.47. The zero-order chi connectivity index (χ0) is 30.0. The SMILES string of the molecule is CCCCCCCCCCOc1ccc(-c2ccc(C(=O)Oc3ccc(C(=O)O[C@@H](C)COCCC)cc3)cc2)cc1. The van der Waals surface area contributed by atoms with Gasteiger partial charge < -0.3 is 18.9 Å². The molecule has 0 aliphatic heterocycles. The number of hydrogen-bond donors (Lipinski definition) is 0. The van der Waals surface area contributed by atoms with Crippen molar-refractivity contribution in [3.8, 4) is 22.6 Å². The summed E-state index contributed by atoms with van der Waals surface area (Å²) in [5.74, 6) is 0.307. The van der Waals surface area contributed by atoms with E-state index in [0.29, 0.717) is 30.1 Å². The molecule has 3 aromatic carbocycles. The minimum Gasteiger partial charge on any atom is -0.494 e. The van der Waals surface area contributed by atoms with Crippen molar-refractivity contribution in [2.45, 2.75) is 84.7 Å². The molecule has 42 heavy (non-hydrogen) atoms. The Labute approximate surface area is 251 Å². The van der Waals surface area contributed by atoms with Gasteiger partial charge in [0, 0.05) is 6.61 Å². The molecule has 0 aliphatic carbocycles. The van der Waals surface area contributed by atoms with Gasteiger partial charge in [0.25, 0.3) is 0 Å². The number of carbonyl (C=O) groups is 2. The second-order valence-corrected chi connectivity index (χ2v) is 10.6. The van der Waals surface area contributed by atoms with Crippen molar-refractivity contribution < 1.29 is 28.5 Å². The second kappa shape index (κ2) is 18.7. The molecule has 0 spiro atoms. The summed E-state index contributed by atoms with van der Waals surface area (Å²) in [6, 6.07) is 21.7. The number of unbranched alkanes of at least 4 members (excludes halogenated alkanes) is 7. The Balaban J connectivity index is 1.41. The van der Waals surface area contributed by atoms with Crippen LogP contribution in [0.25, 0.3) is 11.1 Å². The highest BCUT2D eigenvalue weighted by atomic mass is 16.6. The van der Waals surface area contributed by atoms with Crippen LogP contribution in [0.4, 0.5) is 0 Å². The summed E-state index contributed by atoms with van der Waals surface area (Å²) >= 11 is 0. The first kappa shape index (κ1) is 32.9. The number of carbonyl (C=O) groups excluding carboxylic acids is 2. The van der Waals surface area contributed by atoms with Gasteiger partial charge in [-0.25, -0.2) is 9.59 Å². The molecule has 3 rings (SSSR count). The maximum absolute atomic E-state index is 12.7. The largest absolute Gasteiger partial charge is 0.494 e. The quantitative estimate of drug-likeness (QED) is 0.0808. The van der Waals surface area contributed by atoms with E-state index in [-0.39, 0.29) is 6.10 Å². The molecular weight excluding hydrogens is 528 g/mol. The lowest BCUT2D eigenvalue weighted by Crippen LogP contribution is -2.20. The Morgan fingerprint density at radius 1 is 0.595 bits per heavy atom. The fraction of sp³-hybridized carbons (Fsp3) is 0.444. The molecular formula is C36H46O6. The molecule has 0 amide bonds. The molecule has 0 fully saturated rings. The van der Waals surface area contributed by atoms with Crippen LogP contribution in [0.5, 0.6) is 11.5 Å². The van der Waals surface area contributed by atoms with Crippen LogP contribution in [0.15, 0.2) is 72.8 Å². The second-order valence-electron chi connectivity index (χ2n) is 10.6. The topological polar surface area (TPSA) is 71.1 Å². The minimum absolute atomic E-state index is 0.347. The Morgan fingerprint density at radius 2 is 1.12 bits per heavy atom. The Morgan fingerprint density at radius 3 is 1.74 bits per heavy atom. The van der Waals surface area contributed by atoms with E-state index in [2.05, 4.69) is 6.92 Å². The van der Waals surface area contributed by atoms with Gasteiger partial charge in [0.2, 0.25) is 0 Å². The number of rotatable bonds is 19. The van der Waals surface area contributed by atoms with Crippen molar-refractivity contribution in [3.63, 3.8) is 0 Å². The third kappa shape index (κ3) is 11.7. The van der Waals surface area contributed by atoms with Crippen molar-refractivity contribution in [2.24, 2.45) is 0 Å². The van der Waals surface area contributed by atoms with Gasteiger partial charge >= 0.3 is 11.9 Å². The lowest BCUT2D eigenvalue weighted by Gasteiger charge is -2.13. The highest BCUT2D eigenvalue weighted by molar-refractivity contribution is 5.92. The molecule has 3 aromatic rings. The van der Waals surface area contributed by atoms with Gasteiger partial charge in [0.1, 0.15) is 17.6 Å². The average molecular weight is 575 g/mol. The lowest BCUT2D eigenvalue weighted by atomic mass is 10.0. The lowest BCUT2D eigenvalue weighted by molar-refractivity contribution is 0.00226. The zero-order valence-electron chi connectivity index (χ0n) is 25.4. The van der Waals surface area contributed by atoms with Crippen LogP contribution in [0.2, 0.25) is 0 Å². The first-order valence-corrected chi connectivity index (χ1v) is 15.4. The predicted octanol–water partition coefficient (Wildman–Crippen LogP) is 9.06. The monoisotopic (exact) mass is 574 g/mol. The Kier molecular flexibility index (Phi) is 14.7. The van der Waals surface area contributed by atoms with E-state index in [0.717, 1.165) is 36.3 Å². The molecule has 0 radical (unpaired) electrons. The Hall–Kier alpha value is -3.64. The van der Waals surface area contributed by atoms with Crippen LogP contribution >= 0.6 is 0 Å². The third-order valence-corrected chi connectivity index (χ3v) is 6.88. The number of esters is 2. The van der Waals surface area contributed by atoms with E-state index < -0.39 is 11.9 Å². The van der Waals surface area contributed by atoms with Crippen molar-refractivity contribution in [1.82, 2.24) is 0 Å². The molecule has 0 unspecified atom stereocenters. The van der Waals surface area contributed by atoms with E-state index in [1.165, 1.54) is 44.9 Å². The smallest absolute Gasteiger partial charge is 0.343 e. The van der Waals surface area contributed by atoms with Gasteiger partial charge in [-0.3, -0.25) is 0 Å². The highest BCUT2D eigenvalue weighted by Gasteiger charge is 2.14. The molecule has 0 aliphatic rings. The van der Waals surface area contributed by atoms with Gasteiger partial charge in [0.05, 0.1) is 24.3 Å². The van der Waals surface area contributed by atoms with Gasteiger partial charge in [-0.05, 0) is 79.4 Å². The summed E-state index contributed by atoms with van der Waals surface area (Å²) in [4.78, 5) is 25.0. The first-order valence-electron chi connectivity index (χ1n) is 15.4. The standard InChI is InChI=1S/C36H46O6/c1-4-6-7-8-9-10-11-12-26-40-33-21-17-30(18-22-33)29-13-15-31(16-14-29)36(38)42-34-23-19-32(20-24-34)35(37)41-28(3)27-39-25-5-2/h13-24,28H,4-12,25-27H2,1-3H3/t28-/m0/s1. The molecule has 226 valence electrons. The highest BCUT2D eigenvalue weighted by Crippen LogP contribution is 2.24. The van der Waals surface area contributed by atoms with Crippen molar-refractivity contribution in [2.75, 3.05) is 19.8 Å². The molecule has 0 aromatic heterocycles. The molecule has 0 saturated carbocycles. The Bertz CT molecular complexity index is 1190. The third-order valence-electron chi connectivity index (χ3n) is 6.88. The van der Waals surface area contributed by atoms with E-state index >= 15 is 0 Å². The number of ether oxygens (including phenoxy) is 4. The van der Waals surface area contributed by atoms with Gasteiger partial charge in [-0.2, -0.15) is 0 Å². The van der Waals surface area contributed by atoms with Crippen molar-refractivity contribution in [1.29, 1.82) is 0 Å². The van der Waals surface area contributed by atoms with E-state index in [1.54, 1.807) is 43.3 Å². The molecule has 0 bridgehead atoms. The normalized spacial score (nSPS) is 11.6. The van der Waals surface area contributed by atoms with Gasteiger partial charge in [-0.1, -0.05) is 83.1 Å². The van der Waals surface area contributed by atoms with E-state index in [4.69, 9.17) is 18.9 Å². The maximum Gasteiger partial charge on any atom is 0.343 e. The molecule has 1 atom stereocenters. The van der Waals surface area contributed by atoms with Gasteiger partial charge in [-0.15, -0.1) is 0 Å². The van der Waals surface area contributed by atoms with Crippen LogP contribution in [0.1, 0.15) is 99.3 Å². The summed E-state index contributed by atoms with van der Waals surface area (Å²) in [5, 5.41) is 0. The zero-order valence-corrected chi connectivity index (χ0v) is 25.4. The summed E-state index contributed by atoms with van der Waals surface area (Å²) in [6.07, 6.45) is 10.8. The summed E-state index contributed by atoms with van der Waals surface area (Å²) in [7, 11) is 0. The summed E-state index contributed by atoms with van der Waals surface area (Å²) in [5.41, 5.74) is 2.86. The van der Waals surface area contributed by atoms with Gasteiger partial charge in [0.15, 0.2) is 0 Å². The molecule has 0 N–H and O–H groups in total. The van der Waals surface area contributed by atoms with E-state index in [9.17, 15) is 9.59 Å². The predicted molar refractivity (Wildman–Crippen MR) is 167 cm³/mol. The molecule has 6 heteroatoms. The van der Waals surface area contributed by atoms with Crippen LogP contribution in [0, 0.1) is 0 Å². The minimum atomic E-state index is -0.469. The fourth-order valence-electron chi connectivity index (χ4n) is 4.47. The van der Waals surface area contributed by atoms with Crippen molar-refractivity contribution in [3.05, 3.63) is 83.9 Å². The molecule has 6 nitrogen and oxygen atoms in total. The van der Waals surface area contributed by atoms with Crippen LogP contribution in [-0.4, -0.2) is 37.9 Å². The van der Waals surface area contributed by atoms with E-state index in [1.807, 2.05) is 43.3 Å². The number of hydrogen-bond acceptors (Lipinski definition) is 6. The van der Waals surface area contributed by atoms with Crippen LogP contribution < -0.4 is 9.47 Å². The van der Waals surface area contributed by atoms with Crippen LogP contribution in [-0.2, 0) is 9.47 Å².